The molecule has 0 aromatic rings. The maximum atomic E-state index is 12.3. The number of ether oxygens (including phenoxy) is 2. The first kappa shape index (κ1) is 15.7. The summed E-state index contributed by atoms with van der Waals surface area (Å²) >= 11 is 0. The van der Waals surface area contributed by atoms with Gasteiger partial charge in [-0.25, -0.2) is 0 Å². The van der Waals surface area contributed by atoms with Gasteiger partial charge in [0.1, 0.15) is 11.2 Å². The standard InChI is InChI=1S/C15H24O4/c1-10-8-15(9-10,11(16)18-13(2,3)4)12(17)19-14(5,6)7/h1,8-9H2,2-7H3. The van der Waals surface area contributed by atoms with Crippen LogP contribution < -0.4 is 0 Å². The van der Waals surface area contributed by atoms with Gasteiger partial charge < -0.3 is 9.47 Å². The summed E-state index contributed by atoms with van der Waals surface area (Å²) in [6.45, 7) is 14.5. The Bertz CT molecular complexity index is 369. The highest BCUT2D eigenvalue weighted by atomic mass is 16.6. The zero-order valence-electron chi connectivity index (χ0n) is 12.8. The lowest BCUT2D eigenvalue weighted by molar-refractivity contribution is -0.188. The van der Waals surface area contributed by atoms with Crippen LogP contribution in [-0.2, 0) is 19.1 Å². The number of allylic oxidation sites excluding steroid dienone is 1. The second-order valence-corrected chi connectivity index (χ2v) is 7.19. The van der Waals surface area contributed by atoms with Crippen molar-refractivity contribution in [2.24, 2.45) is 5.41 Å². The van der Waals surface area contributed by atoms with Crippen molar-refractivity contribution in [1.82, 2.24) is 0 Å². The van der Waals surface area contributed by atoms with Gasteiger partial charge in [0.15, 0.2) is 5.41 Å². The monoisotopic (exact) mass is 268 g/mol. The summed E-state index contributed by atoms with van der Waals surface area (Å²) in [4.78, 5) is 24.5. The van der Waals surface area contributed by atoms with Gasteiger partial charge in [-0.1, -0.05) is 12.2 Å². The molecule has 108 valence electrons. The van der Waals surface area contributed by atoms with Crippen LogP contribution in [0.15, 0.2) is 12.2 Å². The van der Waals surface area contributed by atoms with Crippen LogP contribution >= 0.6 is 0 Å². The van der Waals surface area contributed by atoms with E-state index in [9.17, 15) is 9.59 Å². The Balaban J connectivity index is 2.90. The van der Waals surface area contributed by atoms with Gasteiger partial charge in [0, 0.05) is 0 Å². The third kappa shape index (κ3) is 3.82. The van der Waals surface area contributed by atoms with Gasteiger partial charge in [-0.05, 0) is 54.4 Å². The van der Waals surface area contributed by atoms with Gasteiger partial charge in [-0.15, -0.1) is 0 Å². The molecule has 0 atom stereocenters. The van der Waals surface area contributed by atoms with Gasteiger partial charge >= 0.3 is 11.9 Å². The fourth-order valence-corrected chi connectivity index (χ4v) is 1.93. The number of hydrogen-bond acceptors (Lipinski definition) is 4. The minimum absolute atomic E-state index is 0.316. The van der Waals surface area contributed by atoms with Crippen molar-refractivity contribution in [2.75, 3.05) is 0 Å². The predicted molar refractivity (Wildman–Crippen MR) is 72.5 cm³/mol. The molecule has 0 aliphatic heterocycles. The number of hydrogen-bond donors (Lipinski definition) is 0. The Kier molecular flexibility index (Phi) is 3.86. The number of rotatable bonds is 2. The van der Waals surface area contributed by atoms with E-state index in [0.717, 1.165) is 5.57 Å². The lowest BCUT2D eigenvalue weighted by Crippen LogP contribution is -2.51. The van der Waals surface area contributed by atoms with Gasteiger partial charge in [0.05, 0.1) is 0 Å². The molecule has 1 saturated carbocycles. The fraction of sp³-hybridized carbons (Fsp3) is 0.733. The highest BCUT2D eigenvalue weighted by Gasteiger charge is 2.57. The maximum absolute atomic E-state index is 12.3. The van der Waals surface area contributed by atoms with E-state index >= 15 is 0 Å². The second-order valence-electron chi connectivity index (χ2n) is 7.19. The number of esters is 2. The molecule has 0 saturated heterocycles. The maximum Gasteiger partial charge on any atom is 0.324 e. The first-order valence-corrected chi connectivity index (χ1v) is 6.49. The zero-order chi connectivity index (χ0) is 15.1. The topological polar surface area (TPSA) is 52.6 Å². The molecule has 0 radical (unpaired) electrons. The van der Waals surface area contributed by atoms with Crippen LogP contribution in [0.25, 0.3) is 0 Å². The Morgan fingerprint density at radius 1 is 0.947 bits per heavy atom. The highest BCUT2D eigenvalue weighted by molar-refractivity contribution is 6.02. The molecule has 1 rings (SSSR count). The Hall–Kier alpha value is -1.32. The molecule has 4 nitrogen and oxygen atoms in total. The fourth-order valence-electron chi connectivity index (χ4n) is 1.93. The lowest BCUT2D eigenvalue weighted by Gasteiger charge is -2.41. The van der Waals surface area contributed by atoms with Gasteiger partial charge in [0.25, 0.3) is 0 Å². The molecule has 0 unspecified atom stereocenters. The molecule has 4 heteroatoms. The van der Waals surface area contributed by atoms with E-state index in [1.54, 1.807) is 41.5 Å². The largest absolute Gasteiger partial charge is 0.459 e. The zero-order valence-corrected chi connectivity index (χ0v) is 12.8. The van der Waals surface area contributed by atoms with E-state index in [1.165, 1.54) is 0 Å². The Morgan fingerprint density at radius 2 is 1.26 bits per heavy atom. The van der Waals surface area contributed by atoms with Crippen LogP contribution in [0.5, 0.6) is 0 Å². The minimum Gasteiger partial charge on any atom is -0.459 e. The normalized spacial score (nSPS) is 18.5. The summed E-state index contributed by atoms with van der Waals surface area (Å²) in [6, 6.07) is 0. The molecule has 0 spiro atoms. The smallest absolute Gasteiger partial charge is 0.324 e. The molecule has 0 amide bonds. The summed E-state index contributed by atoms with van der Waals surface area (Å²) in [5.74, 6) is -1.02. The molecule has 1 fully saturated rings. The van der Waals surface area contributed by atoms with Crippen molar-refractivity contribution < 1.29 is 19.1 Å². The summed E-state index contributed by atoms with van der Waals surface area (Å²) in [5, 5.41) is 0. The molecule has 1 aliphatic rings. The molecule has 0 bridgehead atoms. The quantitative estimate of drug-likeness (QED) is 0.439. The first-order valence-electron chi connectivity index (χ1n) is 6.49. The molecular formula is C15H24O4. The van der Waals surface area contributed by atoms with Crippen molar-refractivity contribution in [1.29, 1.82) is 0 Å². The van der Waals surface area contributed by atoms with E-state index in [4.69, 9.17) is 9.47 Å². The SMILES string of the molecule is C=C1CC(C(=O)OC(C)(C)C)(C(=O)OC(C)(C)C)C1. The van der Waals surface area contributed by atoms with Crippen LogP contribution in [0.3, 0.4) is 0 Å². The molecule has 0 aromatic heterocycles. The average molecular weight is 268 g/mol. The van der Waals surface area contributed by atoms with E-state index in [2.05, 4.69) is 6.58 Å². The van der Waals surface area contributed by atoms with Crippen LogP contribution in [0.2, 0.25) is 0 Å². The molecule has 19 heavy (non-hydrogen) atoms. The van der Waals surface area contributed by atoms with Crippen molar-refractivity contribution in [3.8, 4) is 0 Å². The third-order valence-corrected chi connectivity index (χ3v) is 2.68. The Morgan fingerprint density at radius 3 is 1.47 bits per heavy atom. The molecular weight excluding hydrogens is 244 g/mol. The highest BCUT2D eigenvalue weighted by Crippen LogP contribution is 2.47. The van der Waals surface area contributed by atoms with Gasteiger partial charge in [-0.3, -0.25) is 9.59 Å². The van der Waals surface area contributed by atoms with Crippen LogP contribution in [0, 0.1) is 5.41 Å². The summed E-state index contributed by atoms with van der Waals surface area (Å²) < 4.78 is 10.7. The molecule has 0 aromatic carbocycles. The number of carbonyl (C=O) groups is 2. The van der Waals surface area contributed by atoms with Crippen LogP contribution in [-0.4, -0.2) is 23.1 Å². The van der Waals surface area contributed by atoms with Crippen molar-refractivity contribution in [3.05, 3.63) is 12.2 Å². The van der Waals surface area contributed by atoms with E-state index in [1.807, 2.05) is 0 Å². The van der Waals surface area contributed by atoms with Gasteiger partial charge in [-0.2, -0.15) is 0 Å². The lowest BCUT2D eigenvalue weighted by atomic mass is 9.65. The van der Waals surface area contributed by atoms with E-state index < -0.39 is 28.6 Å². The minimum atomic E-state index is -1.20. The molecule has 0 heterocycles. The number of carbonyl (C=O) groups excluding carboxylic acids is 2. The first-order chi connectivity index (χ1) is 8.36. The summed E-state index contributed by atoms with van der Waals surface area (Å²) in [7, 11) is 0. The predicted octanol–water partition coefficient (Wildman–Crippen LogP) is 3.01. The molecule has 1 aliphatic carbocycles. The Labute approximate surface area is 115 Å². The van der Waals surface area contributed by atoms with E-state index in [0.29, 0.717) is 12.8 Å². The third-order valence-electron chi connectivity index (χ3n) is 2.68. The van der Waals surface area contributed by atoms with Crippen molar-refractivity contribution in [2.45, 2.75) is 65.6 Å². The second kappa shape index (κ2) is 4.66. The van der Waals surface area contributed by atoms with Crippen LogP contribution in [0.1, 0.15) is 54.4 Å². The molecule has 0 N–H and O–H groups in total. The van der Waals surface area contributed by atoms with Gasteiger partial charge in [0.2, 0.25) is 0 Å². The van der Waals surface area contributed by atoms with Crippen LogP contribution in [0.4, 0.5) is 0 Å². The average Bonchev–Trinajstić information content (AvgIpc) is 2.05. The van der Waals surface area contributed by atoms with E-state index in [-0.39, 0.29) is 0 Å². The van der Waals surface area contributed by atoms with Crippen molar-refractivity contribution in [3.63, 3.8) is 0 Å². The summed E-state index contributed by atoms with van der Waals surface area (Å²) in [5.41, 5.74) is -1.57. The van der Waals surface area contributed by atoms with Crippen molar-refractivity contribution >= 4 is 11.9 Å². The summed E-state index contributed by atoms with van der Waals surface area (Å²) in [6.07, 6.45) is 0.633.